The van der Waals surface area contributed by atoms with Crippen molar-refractivity contribution in [1.29, 1.82) is 0 Å². The lowest BCUT2D eigenvalue weighted by Crippen LogP contribution is -2.44. The molecule has 164 valence electrons. The Hall–Kier alpha value is -3.06. The summed E-state index contributed by atoms with van der Waals surface area (Å²) >= 11 is 0. The summed E-state index contributed by atoms with van der Waals surface area (Å²) in [5.74, 6) is 1.89. The van der Waals surface area contributed by atoms with Crippen LogP contribution in [0.15, 0.2) is 59.9 Å². The van der Waals surface area contributed by atoms with Crippen molar-refractivity contribution >= 4 is 22.7 Å². The van der Waals surface area contributed by atoms with Gasteiger partial charge >= 0.3 is 0 Å². The number of hydrogen-bond acceptors (Lipinski definition) is 4. The number of nitrogens with zero attached hydrogens (tertiary/aromatic N) is 5. The topological polar surface area (TPSA) is 60.7 Å². The number of benzene rings is 1. The number of nitrogens with one attached hydrogen (secondary N) is 2. The fraction of sp³-hybridized carbons (Fsp3) is 0.417. The van der Waals surface area contributed by atoms with Crippen molar-refractivity contribution in [3.63, 3.8) is 0 Å². The number of piperazine rings is 1. The Bertz CT molecular complexity index is 985. The van der Waals surface area contributed by atoms with Gasteiger partial charge in [-0.25, -0.2) is 4.98 Å². The molecule has 7 heteroatoms. The van der Waals surface area contributed by atoms with Crippen LogP contribution >= 0.6 is 0 Å². The van der Waals surface area contributed by atoms with Crippen LogP contribution in [-0.4, -0.2) is 67.2 Å². The minimum atomic E-state index is 0.706. The molecule has 0 bridgehead atoms. The molecule has 4 rings (SSSR count). The summed E-state index contributed by atoms with van der Waals surface area (Å²) in [7, 11) is 3.98. The van der Waals surface area contributed by atoms with Crippen molar-refractivity contribution < 1.29 is 0 Å². The molecule has 3 aromatic rings. The molecule has 1 fully saturated rings. The number of aryl methyl sites for hydroxylation is 1. The van der Waals surface area contributed by atoms with Gasteiger partial charge in [0.1, 0.15) is 5.82 Å². The number of likely N-dealkylation sites (N-methyl/N-ethyl adjacent to an activating group) is 1. The van der Waals surface area contributed by atoms with Crippen LogP contribution in [0.5, 0.6) is 0 Å². The fourth-order valence-electron chi connectivity index (χ4n) is 3.94. The van der Waals surface area contributed by atoms with E-state index in [9.17, 15) is 0 Å². The van der Waals surface area contributed by atoms with Crippen molar-refractivity contribution in [1.82, 2.24) is 25.1 Å². The van der Waals surface area contributed by atoms with E-state index in [1.165, 1.54) is 10.9 Å². The molecule has 7 nitrogen and oxygen atoms in total. The summed E-state index contributed by atoms with van der Waals surface area (Å²) < 4.78 is 2.31. The predicted octanol–water partition coefficient (Wildman–Crippen LogP) is 2.54. The van der Waals surface area contributed by atoms with Crippen LogP contribution < -0.4 is 15.5 Å². The van der Waals surface area contributed by atoms with E-state index in [2.05, 4.69) is 90.7 Å². The van der Waals surface area contributed by atoms with Crippen LogP contribution in [-0.2, 0) is 13.1 Å². The third-order valence-electron chi connectivity index (χ3n) is 5.87. The Morgan fingerprint density at radius 1 is 1.03 bits per heavy atom. The summed E-state index contributed by atoms with van der Waals surface area (Å²) in [6, 6.07) is 15.0. The Morgan fingerprint density at radius 2 is 1.87 bits per heavy atom. The van der Waals surface area contributed by atoms with Gasteiger partial charge in [0.2, 0.25) is 0 Å². The Balaban J connectivity index is 1.20. The number of aliphatic imine (C=N–C) groups is 1. The third kappa shape index (κ3) is 5.55. The fourth-order valence-corrected chi connectivity index (χ4v) is 3.94. The molecule has 2 N–H and O–H groups in total. The number of hydrogen-bond donors (Lipinski definition) is 2. The van der Waals surface area contributed by atoms with Gasteiger partial charge in [0.05, 0.1) is 0 Å². The highest BCUT2D eigenvalue weighted by molar-refractivity contribution is 5.80. The molecule has 0 aliphatic carbocycles. The first-order valence-corrected chi connectivity index (χ1v) is 11.1. The number of anilines is 1. The second-order valence-electron chi connectivity index (χ2n) is 8.09. The van der Waals surface area contributed by atoms with Crippen LogP contribution in [0.2, 0.25) is 0 Å². The lowest BCUT2D eigenvalue weighted by atomic mass is 10.2. The highest BCUT2D eigenvalue weighted by Crippen LogP contribution is 2.15. The second-order valence-corrected chi connectivity index (χ2v) is 8.09. The largest absolute Gasteiger partial charge is 0.356 e. The minimum absolute atomic E-state index is 0.706. The van der Waals surface area contributed by atoms with Crippen LogP contribution in [0.1, 0.15) is 12.0 Å². The van der Waals surface area contributed by atoms with E-state index in [1.807, 2.05) is 13.2 Å². The van der Waals surface area contributed by atoms with Gasteiger partial charge in [-0.2, -0.15) is 0 Å². The number of para-hydroxylation sites is 1. The van der Waals surface area contributed by atoms with E-state index in [1.54, 1.807) is 0 Å². The molecule has 0 amide bonds. The standard InChI is InChI=1S/C24H33N7/c1-25-24(26-11-5-12-30-13-10-21-6-3-4-7-22(21)30)28-19-20-8-9-23(27-18-20)31-16-14-29(2)15-17-31/h3-4,6-10,13,18H,5,11-12,14-17,19H2,1-2H3,(H2,25,26,28). The maximum Gasteiger partial charge on any atom is 0.191 e. The van der Waals surface area contributed by atoms with Gasteiger partial charge in [-0.3, -0.25) is 4.99 Å². The minimum Gasteiger partial charge on any atom is -0.356 e. The average molecular weight is 420 g/mol. The van der Waals surface area contributed by atoms with E-state index >= 15 is 0 Å². The van der Waals surface area contributed by atoms with Crippen molar-refractivity contribution in [2.75, 3.05) is 51.7 Å². The normalized spacial score (nSPS) is 15.4. The maximum atomic E-state index is 4.66. The summed E-state index contributed by atoms with van der Waals surface area (Å²) in [6.07, 6.45) is 5.16. The molecule has 0 spiro atoms. The average Bonchev–Trinajstić information content (AvgIpc) is 3.23. The number of fused-ring (bicyclic) bond motifs is 1. The number of aromatic nitrogens is 2. The molecule has 0 saturated carbocycles. The molecule has 2 aromatic heterocycles. The first-order valence-electron chi connectivity index (χ1n) is 11.1. The molecule has 3 heterocycles. The lowest BCUT2D eigenvalue weighted by molar-refractivity contribution is 0.312. The SMILES string of the molecule is CN=C(NCCCn1ccc2ccccc21)NCc1ccc(N2CCN(C)CC2)nc1. The van der Waals surface area contributed by atoms with Crippen LogP contribution in [0.3, 0.4) is 0 Å². The first kappa shape index (κ1) is 21.2. The van der Waals surface area contributed by atoms with E-state index in [0.717, 1.165) is 63.0 Å². The molecule has 1 aliphatic rings. The van der Waals surface area contributed by atoms with E-state index in [4.69, 9.17) is 0 Å². The Morgan fingerprint density at radius 3 is 2.65 bits per heavy atom. The summed E-state index contributed by atoms with van der Waals surface area (Å²) in [6.45, 7) is 6.81. The zero-order valence-corrected chi connectivity index (χ0v) is 18.6. The predicted molar refractivity (Wildman–Crippen MR) is 129 cm³/mol. The summed E-state index contributed by atoms with van der Waals surface area (Å²) in [5.41, 5.74) is 2.44. The zero-order valence-electron chi connectivity index (χ0n) is 18.6. The van der Waals surface area contributed by atoms with Gasteiger partial charge in [-0.1, -0.05) is 24.3 Å². The van der Waals surface area contributed by atoms with Gasteiger partial charge in [0.15, 0.2) is 5.96 Å². The van der Waals surface area contributed by atoms with E-state index in [0.29, 0.717) is 6.54 Å². The Labute approximate surface area is 184 Å². The molecular formula is C24H33N7. The smallest absolute Gasteiger partial charge is 0.191 e. The van der Waals surface area contributed by atoms with E-state index in [-0.39, 0.29) is 0 Å². The van der Waals surface area contributed by atoms with Crippen LogP contribution in [0.25, 0.3) is 10.9 Å². The van der Waals surface area contributed by atoms with Crippen molar-refractivity contribution in [2.45, 2.75) is 19.5 Å². The molecule has 1 saturated heterocycles. The molecular weight excluding hydrogens is 386 g/mol. The van der Waals surface area contributed by atoms with Crippen molar-refractivity contribution in [3.8, 4) is 0 Å². The van der Waals surface area contributed by atoms with Gasteiger partial charge in [0, 0.05) is 70.8 Å². The maximum absolute atomic E-state index is 4.66. The molecule has 1 aromatic carbocycles. The first-order chi connectivity index (χ1) is 15.2. The third-order valence-corrected chi connectivity index (χ3v) is 5.87. The highest BCUT2D eigenvalue weighted by Gasteiger charge is 2.14. The van der Waals surface area contributed by atoms with Gasteiger partial charge in [0.25, 0.3) is 0 Å². The zero-order chi connectivity index (χ0) is 21.5. The molecule has 0 unspecified atom stereocenters. The number of guanidine groups is 1. The van der Waals surface area contributed by atoms with Crippen molar-refractivity contribution in [2.24, 2.45) is 4.99 Å². The summed E-state index contributed by atoms with van der Waals surface area (Å²) in [5, 5.41) is 8.09. The van der Waals surface area contributed by atoms with Crippen molar-refractivity contribution in [3.05, 3.63) is 60.4 Å². The highest BCUT2D eigenvalue weighted by atomic mass is 15.3. The van der Waals surface area contributed by atoms with Crippen LogP contribution in [0, 0.1) is 0 Å². The van der Waals surface area contributed by atoms with Crippen LogP contribution in [0.4, 0.5) is 5.82 Å². The van der Waals surface area contributed by atoms with Gasteiger partial charge < -0.3 is 25.0 Å². The number of rotatable bonds is 7. The molecule has 0 atom stereocenters. The van der Waals surface area contributed by atoms with E-state index < -0.39 is 0 Å². The molecule has 31 heavy (non-hydrogen) atoms. The van der Waals surface area contributed by atoms with Gasteiger partial charge in [-0.05, 0) is 42.6 Å². The van der Waals surface area contributed by atoms with Gasteiger partial charge in [-0.15, -0.1) is 0 Å². The quantitative estimate of drug-likeness (QED) is 0.350. The lowest BCUT2D eigenvalue weighted by Gasteiger charge is -2.33. The molecule has 0 radical (unpaired) electrons. The summed E-state index contributed by atoms with van der Waals surface area (Å²) in [4.78, 5) is 13.7. The monoisotopic (exact) mass is 419 g/mol. The Kier molecular flexibility index (Phi) is 7.04. The number of pyridine rings is 1. The second kappa shape index (κ2) is 10.3. The molecule has 1 aliphatic heterocycles.